The highest BCUT2D eigenvalue weighted by molar-refractivity contribution is 5.97. The summed E-state index contributed by atoms with van der Waals surface area (Å²) in [5.41, 5.74) is 0.0193. The number of nitrogens with zero attached hydrogens (tertiary/aromatic N) is 3. The Hall–Kier alpha value is -3.75. The third-order valence-electron chi connectivity index (χ3n) is 4.58. The van der Waals surface area contributed by atoms with E-state index >= 15 is 0 Å². The number of carbonyl (C=O) groups is 2. The Morgan fingerprint density at radius 1 is 1.03 bits per heavy atom. The highest BCUT2D eigenvalue weighted by atomic mass is 16.2. The molecule has 0 aliphatic carbocycles. The number of aromatic nitrogens is 3. The molecule has 2 heterocycles. The van der Waals surface area contributed by atoms with E-state index in [9.17, 15) is 19.2 Å². The number of benzene rings is 1. The van der Waals surface area contributed by atoms with E-state index in [-0.39, 0.29) is 22.6 Å². The van der Waals surface area contributed by atoms with Crippen molar-refractivity contribution in [3.8, 4) is 0 Å². The third kappa shape index (κ3) is 4.08. The number of aryl methyl sites for hydroxylation is 1. The van der Waals surface area contributed by atoms with Gasteiger partial charge in [0.1, 0.15) is 17.4 Å². The first-order valence-corrected chi connectivity index (χ1v) is 8.99. The highest BCUT2D eigenvalue weighted by Gasteiger charge is 2.19. The van der Waals surface area contributed by atoms with E-state index < -0.39 is 23.2 Å². The molecule has 1 aromatic carbocycles. The van der Waals surface area contributed by atoms with Crippen molar-refractivity contribution in [3.05, 3.63) is 74.6 Å². The molecular weight excluding hydrogens is 374 g/mol. The summed E-state index contributed by atoms with van der Waals surface area (Å²) in [4.78, 5) is 53.2. The number of rotatable bonds is 5. The number of nitrogens with one attached hydrogen (secondary N) is 2. The molecule has 150 valence electrons. The fourth-order valence-electron chi connectivity index (χ4n) is 2.85. The lowest BCUT2D eigenvalue weighted by Gasteiger charge is -2.14. The topological polar surface area (TPSA) is 115 Å². The van der Waals surface area contributed by atoms with Crippen molar-refractivity contribution in [2.75, 3.05) is 0 Å². The molecule has 2 aromatic heterocycles. The second-order valence-corrected chi connectivity index (χ2v) is 6.67. The Morgan fingerprint density at radius 3 is 2.41 bits per heavy atom. The van der Waals surface area contributed by atoms with Crippen LogP contribution in [0.4, 0.5) is 0 Å². The van der Waals surface area contributed by atoms with Gasteiger partial charge in [0.05, 0.1) is 5.39 Å². The highest BCUT2D eigenvalue weighted by Crippen LogP contribution is 2.06. The maximum absolute atomic E-state index is 12.5. The minimum Gasteiger partial charge on any atom is -0.350 e. The Morgan fingerprint density at radius 2 is 1.72 bits per heavy atom. The summed E-state index contributed by atoms with van der Waals surface area (Å²) in [6.45, 7) is 1.91. The molecule has 0 radical (unpaired) electrons. The van der Waals surface area contributed by atoms with Crippen molar-refractivity contribution in [2.45, 2.75) is 19.5 Å². The van der Waals surface area contributed by atoms with Gasteiger partial charge in [-0.1, -0.05) is 30.3 Å². The van der Waals surface area contributed by atoms with Gasteiger partial charge in [-0.2, -0.15) is 0 Å². The molecule has 9 heteroatoms. The van der Waals surface area contributed by atoms with Crippen LogP contribution in [0.15, 0.2) is 52.1 Å². The number of pyridine rings is 1. The number of hydrogen-bond donors (Lipinski definition) is 2. The summed E-state index contributed by atoms with van der Waals surface area (Å²) in [6, 6.07) is 11.4. The monoisotopic (exact) mass is 395 g/mol. The van der Waals surface area contributed by atoms with Gasteiger partial charge in [0, 0.05) is 20.6 Å². The standard InChI is InChI=1S/C20H21N5O4/c1-12(17(26)21-11-13-7-5-4-6-8-13)22-18(27)15-10-9-14-16(23-15)24(2)20(29)25(3)19(14)28/h4-10,12H,11H2,1-3H3,(H,21,26)(H,22,27). The lowest BCUT2D eigenvalue weighted by Crippen LogP contribution is -2.44. The Bertz CT molecular complexity index is 1200. The van der Waals surface area contributed by atoms with Gasteiger partial charge in [0.2, 0.25) is 5.91 Å². The molecular formula is C20H21N5O4. The molecule has 0 saturated carbocycles. The van der Waals surface area contributed by atoms with Gasteiger partial charge in [0.15, 0.2) is 0 Å². The van der Waals surface area contributed by atoms with Crippen molar-refractivity contribution >= 4 is 22.8 Å². The smallest absolute Gasteiger partial charge is 0.332 e. The first-order chi connectivity index (χ1) is 13.8. The average Bonchev–Trinajstić information content (AvgIpc) is 2.74. The van der Waals surface area contributed by atoms with Crippen molar-refractivity contribution in [1.82, 2.24) is 24.8 Å². The summed E-state index contributed by atoms with van der Waals surface area (Å²) in [7, 11) is 2.85. The van der Waals surface area contributed by atoms with Crippen molar-refractivity contribution in [1.29, 1.82) is 0 Å². The van der Waals surface area contributed by atoms with Gasteiger partial charge in [-0.25, -0.2) is 9.78 Å². The van der Waals surface area contributed by atoms with Gasteiger partial charge in [-0.05, 0) is 24.6 Å². The summed E-state index contributed by atoms with van der Waals surface area (Å²) in [6.07, 6.45) is 0. The van der Waals surface area contributed by atoms with Crippen LogP contribution in [-0.2, 0) is 25.4 Å². The minimum atomic E-state index is -0.795. The normalized spacial score (nSPS) is 11.8. The van der Waals surface area contributed by atoms with E-state index in [1.165, 1.54) is 30.8 Å². The van der Waals surface area contributed by atoms with E-state index in [1.54, 1.807) is 6.92 Å². The molecule has 0 bridgehead atoms. The lowest BCUT2D eigenvalue weighted by molar-refractivity contribution is -0.122. The maximum atomic E-state index is 12.5. The first kappa shape index (κ1) is 20.0. The average molecular weight is 395 g/mol. The van der Waals surface area contributed by atoms with Gasteiger partial charge in [0.25, 0.3) is 11.5 Å². The molecule has 0 aliphatic heterocycles. The number of hydrogen-bond acceptors (Lipinski definition) is 5. The van der Waals surface area contributed by atoms with E-state index in [1.807, 2.05) is 30.3 Å². The van der Waals surface area contributed by atoms with Gasteiger partial charge in [-0.3, -0.25) is 23.5 Å². The second kappa shape index (κ2) is 8.09. The van der Waals surface area contributed by atoms with Crippen molar-refractivity contribution in [3.63, 3.8) is 0 Å². The number of fused-ring (bicyclic) bond motifs is 1. The summed E-state index contributed by atoms with van der Waals surface area (Å²) < 4.78 is 2.17. The summed E-state index contributed by atoms with van der Waals surface area (Å²) in [5, 5.41) is 5.55. The van der Waals surface area contributed by atoms with E-state index in [0.29, 0.717) is 6.54 Å². The van der Waals surface area contributed by atoms with Crippen LogP contribution in [0.25, 0.3) is 11.0 Å². The summed E-state index contributed by atoms with van der Waals surface area (Å²) >= 11 is 0. The molecule has 3 aromatic rings. The SMILES string of the molecule is CC(NC(=O)c1ccc2c(=O)n(C)c(=O)n(C)c2n1)C(=O)NCc1ccccc1. The zero-order valence-corrected chi connectivity index (χ0v) is 16.3. The number of carbonyl (C=O) groups excluding carboxylic acids is 2. The lowest BCUT2D eigenvalue weighted by atomic mass is 10.2. The largest absolute Gasteiger partial charge is 0.350 e. The zero-order valence-electron chi connectivity index (χ0n) is 16.3. The minimum absolute atomic E-state index is 0.00321. The zero-order chi connectivity index (χ0) is 21.1. The maximum Gasteiger partial charge on any atom is 0.332 e. The van der Waals surface area contributed by atoms with Crippen molar-refractivity contribution in [2.24, 2.45) is 14.1 Å². The molecule has 0 saturated heterocycles. The fraction of sp³-hybridized carbons (Fsp3) is 0.250. The van der Waals surface area contributed by atoms with Crippen LogP contribution in [0, 0.1) is 0 Å². The van der Waals surface area contributed by atoms with Gasteiger partial charge < -0.3 is 10.6 Å². The molecule has 2 amide bonds. The van der Waals surface area contributed by atoms with Crippen LogP contribution in [0.2, 0.25) is 0 Å². The Kier molecular flexibility index (Phi) is 5.58. The van der Waals surface area contributed by atoms with Crippen molar-refractivity contribution < 1.29 is 9.59 Å². The Balaban J connectivity index is 1.74. The molecule has 0 spiro atoms. The predicted molar refractivity (Wildman–Crippen MR) is 107 cm³/mol. The molecule has 29 heavy (non-hydrogen) atoms. The van der Waals surface area contributed by atoms with Crippen LogP contribution in [0.1, 0.15) is 23.0 Å². The predicted octanol–water partition coefficient (Wildman–Crippen LogP) is 0.0669. The Labute approximate surface area is 166 Å². The molecule has 3 rings (SSSR count). The molecule has 9 nitrogen and oxygen atoms in total. The first-order valence-electron chi connectivity index (χ1n) is 8.99. The number of amides is 2. The third-order valence-corrected chi connectivity index (χ3v) is 4.58. The molecule has 2 N–H and O–H groups in total. The van der Waals surface area contributed by atoms with Gasteiger partial charge in [-0.15, -0.1) is 0 Å². The van der Waals surface area contributed by atoms with Crippen LogP contribution in [-0.4, -0.2) is 32.0 Å². The van der Waals surface area contributed by atoms with E-state index in [4.69, 9.17) is 0 Å². The molecule has 1 unspecified atom stereocenters. The summed E-state index contributed by atoms with van der Waals surface area (Å²) in [5.74, 6) is -0.924. The van der Waals surface area contributed by atoms with E-state index in [0.717, 1.165) is 10.1 Å². The van der Waals surface area contributed by atoms with Crippen LogP contribution < -0.4 is 21.9 Å². The molecule has 0 fully saturated rings. The van der Waals surface area contributed by atoms with Crippen LogP contribution in [0.3, 0.4) is 0 Å². The second-order valence-electron chi connectivity index (χ2n) is 6.67. The molecule has 0 aliphatic rings. The van der Waals surface area contributed by atoms with E-state index in [2.05, 4.69) is 15.6 Å². The van der Waals surface area contributed by atoms with Crippen LogP contribution >= 0.6 is 0 Å². The quantitative estimate of drug-likeness (QED) is 0.634. The van der Waals surface area contributed by atoms with Crippen LogP contribution in [0.5, 0.6) is 0 Å². The molecule has 1 atom stereocenters. The van der Waals surface area contributed by atoms with Gasteiger partial charge >= 0.3 is 5.69 Å². The fourth-order valence-corrected chi connectivity index (χ4v) is 2.85.